The van der Waals surface area contributed by atoms with Gasteiger partial charge in [0.1, 0.15) is 12.6 Å². The second kappa shape index (κ2) is 2.76. The number of carbonyl (C=O) groups excluding carboxylic acids is 2. The number of carbonyl (C=O) groups is 2. The Labute approximate surface area is 67.0 Å². The van der Waals surface area contributed by atoms with Crippen molar-refractivity contribution in [1.82, 2.24) is 0 Å². The third-order valence-corrected chi connectivity index (χ3v) is 3.09. The van der Waals surface area contributed by atoms with E-state index in [1.807, 2.05) is 0 Å². The zero-order valence-corrected chi connectivity index (χ0v) is 7.04. The Bertz CT molecular complexity index is 172. The lowest BCUT2D eigenvalue weighted by atomic mass is 9.54. The lowest BCUT2D eigenvalue weighted by molar-refractivity contribution is -0.128. The molecule has 0 heterocycles. The van der Waals surface area contributed by atoms with Gasteiger partial charge in [-0.25, -0.2) is 0 Å². The minimum atomic E-state index is 0.0582. The molecule has 2 heteroatoms. The molecule has 0 aromatic rings. The summed E-state index contributed by atoms with van der Waals surface area (Å²) in [7, 11) is 0. The summed E-state index contributed by atoms with van der Waals surface area (Å²) in [5.74, 6) is 0.600. The summed E-state index contributed by atoms with van der Waals surface area (Å²) in [5.41, 5.74) is 0.0582. The van der Waals surface area contributed by atoms with Gasteiger partial charge >= 0.3 is 0 Å². The Morgan fingerprint density at radius 2 is 2.09 bits per heavy atom. The minimum Gasteiger partial charge on any atom is -0.303 e. The Kier molecular flexibility index (Phi) is 2.12. The highest BCUT2D eigenvalue weighted by molar-refractivity contribution is 5.59. The molecule has 1 saturated carbocycles. The van der Waals surface area contributed by atoms with Crippen LogP contribution in [0.5, 0.6) is 0 Å². The monoisotopic (exact) mass is 154 g/mol. The molecule has 0 amide bonds. The third-order valence-electron chi connectivity index (χ3n) is 3.09. The first-order chi connectivity index (χ1) is 5.12. The largest absolute Gasteiger partial charge is 0.303 e. The first kappa shape index (κ1) is 8.44. The van der Waals surface area contributed by atoms with Gasteiger partial charge in [-0.1, -0.05) is 13.8 Å². The van der Waals surface area contributed by atoms with E-state index in [9.17, 15) is 9.59 Å². The highest BCUT2D eigenvalue weighted by Crippen LogP contribution is 2.51. The lowest BCUT2D eigenvalue weighted by Crippen LogP contribution is -2.45. The standard InChI is InChI=1S/C9H14O2/c1-9(2)7(3-4-10)5-8(9)6-11/h4,6-8H,3,5H2,1-2H3/t7-,8-/m0/s1. The van der Waals surface area contributed by atoms with Gasteiger partial charge in [-0.05, 0) is 17.8 Å². The molecule has 0 unspecified atom stereocenters. The summed E-state index contributed by atoms with van der Waals surface area (Å²) in [6, 6.07) is 0. The van der Waals surface area contributed by atoms with Crippen LogP contribution in [0.3, 0.4) is 0 Å². The molecule has 62 valence electrons. The van der Waals surface area contributed by atoms with Gasteiger partial charge in [0.25, 0.3) is 0 Å². The fourth-order valence-corrected chi connectivity index (χ4v) is 1.80. The van der Waals surface area contributed by atoms with Crippen LogP contribution in [0.2, 0.25) is 0 Å². The molecule has 0 N–H and O–H groups in total. The maximum atomic E-state index is 10.5. The predicted octanol–water partition coefficient (Wildman–Crippen LogP) is 1.44. The molecule has 0 saturated heterocycles. The van der Waals surface area contributed by atoms with E-state index in [2.05, 4.69) is 13.8 Å². The van der Waals surface area contributed by atoms with Crippen LogP contribution >= 0.6 is 0 Å². The van der Waals surface area contributed by atoms with Crippen LogP contribution in [-0.4, -0.2) is 12.6 Å². The maximum Gasteiger partial charge on any atom is 0.123 e. The first-order valence-electron chi connectivity index (χ1n) is 4.02. The minimum absolute atomic E-state index is 0.0582. The molecule has 11 heavy (non-hydrogen) atoms. The summed E-state index contributed by atoms with van der Waals surface area (Å²) in [6.45, 7) is 4.12. The maximum absolute atomic E-state index is 10.5. The molecular formula is C9H14O2. The zero-order chi connectivity index (χ0) is 8.48. The fourth-order valence-electron chi connectivity index (χ4n) is 1.80. The molecule has 2 nitrogen and oxygen atoms in total. The Morgan fingerprint density at radius 1 is 1.45 bits per heavy atom. The van der Waals surface area contributed by atoms with Crippen molar-refractivity contribution in [3.8, 4) is 0 Å². The van der Waals surface area contributed by atoms with Crippen LogP contribution < -0.4 is 0 Å². The van der Waals surface area contributed by atoms with Gasteiger partial charge in [0.05, 0.1) is 0 Å². The highest BCUT2D eigenvalue weighted by Gasteiger charge is 2.47. The van der Waals surface area contributed by atoms with Crippen LogP contribution in [0.25, 0.3) is 0 Å². The fraction of sp³-hybridized carbons (Fsp3) is 0.778. The van der Waals surface area contributed by atoms with Crippen molar-refractivity contribution in [2.24, 2.45) is 17.3 Å². The van der Waals surface area contributed by atoms with Gasteiger partial charge in [0.15, 0.2) is 0 Å². The van der Waals surface area contributed by atoms with E-state index < -0.39 is 0 Å². The molecule has 0 aromatic heterocycles. The molecule has 1 aliphatic carbocycles. The average molecular weight is 154 g/mol. The Morgan fingerprint density at radius 3 is 2.45 bits per heavy atom. The van der Waals surface area contributed by atoms with Crippen LogP contribution in [0, 0.1) is 17.3 Å². The van der Waals surface area contributed by atoms with Crippen LogP contribution in [0.4, 0.5) is 0 Å². The number of hydrogen-bond donors (Lipinski definition) is 0. The van der Waals surface area contributed by atoms with Gasteiger partial charge in [-0.2, -0.15) is 0 Å². The molecular weight excluding hydrogens is 140 g/mol. The SMILES string of the molecule is CC1(C)[C@@H](CC=O)C[C@H]1C=O. The molecule has 0 aliphatic heterocycles. The lowest BCUT2D eigenvalue weighted by Gasteiger charge is -2.49. The molecule has 0 aromatic carbocycles. The summed E-state index contributed by atoms with van der Waals surface area (Å²) >= 11 is 0. The topological polar surface area (TPSA) is 34.1 Å². The average Bonchev–Trinajstić information content (AvgIpc) is 1.97. The predicted molar refractivity (Wildman–Crippen MR) is 42.1 cm³/mol. The molecule has 1 aliphatic rings. The van der Waals surface area contributed by atoms with E-state index in [4.69, 9.17) is 0 Å². The normalized spacial score (nSPS) is 34.0. The molecule has 0 radical (unpaired) electrons. The molecule has 0 spiro atoms. The zero-order valence-electron chi connectivity index (χ0n) is 7.04. The van der Waals surface area contributed by atoms with Gasteiger partial charge in [0.2, 0.25) is 0 Å². The smallest absolute Gasteiger partial charge is 0.123 e. The molecule has 2 atom stereocenters. The first-order valence-corrected chi connectivity index (χ1v) is 4.02. The number of rotatable bonds is 3. The van der Waals surface area contributed by atoms with Crippen molar-refractivity contribution >= 4 is 12.6 Å². The molecule has 1 rings (SSSR count). The molecule has 0 bridgehead atoms. The van der Waals surface area contributed by atoms with E-state index in [0.717, 1.165) is 19.0 Å². The second-order valence-corrected chi connectivity index (χ2v) is 3.90. The van der Waals surface area contributed by atoms with E-state index in [0.29, 0.717) is 12.3 Å². The van der Waals surface area contributed by atoms with Gasteiger partial charge in [0, 0.05) is 12.3 Å². The van der Waals surface area contributed by atoms with Crippen LogP contribution in [0.15, 0.2) is 0 Å². The second-order valence-electron chi connectivity index (χ2n) is 3.90. The van der Waals surface area contributed by atoms with E-state index >= 15 is 0 Å². The van der Waals surface area contributed by atoms with Gasteiger partial charge < -0.3 is 9.59 Å². The summed E-state index contributed by atoms with van der Waals surface area (Å²) in [4.78, 5) is 20.7. The van der Waals surface area contributed by atoms with Crippen molar-refractivity contribution in [2.75, 3.05) is 0 Å². The van der Waals surface area contributed by atoms with E-state index in [-0.39, 0.29) is 11.3 Å². The highest BCUT2D eigenvalue weighted by atomic mass is 16.1. The van der Waals surface area contributed by atoms with Gasteiger partial charge in [-0.3, -0.25) is 0 Å². The Hall–Kier alpha value is -0.660. The number of hydrogen-bond acceptors (Lipinski definition) is 2. The molecule has 1 fully saturated rings. The quantitative estimate of drug-likeness (QED) is 0.576. The third kappa shape index (κ3) is 1.22. The van der Waals surface area contributed by atoms with Gasteiger partial charge in [-0.15, -0.1) is 0 Å². The summed E-state index contributed by atoms with van der Waals surface area (Å²) < 4.78 is 0. The van der Waals surface area contributed by atoms with Crippen molar-refractivity contribution in [1.29, 1.82) is 0 Å². The van der Waals surface area contributed by atoms with E-state index in [1.165, 1.54) is 0 Å². The van der Waals surface area contributed by atoms with Crippen LogP contribution in [0.1, 0.15) is 26.7 Å². The Balaban J connectivity index is 2.52. The number of aldehydes is 2. The van der Waals surface area contributed by atoms with Crippen molar-refractivity contribution in [3.05, 3.63) is 0 Å². The van der Waals surface area contributed by atoms with Crippen molar-refractivity contribution in [3.63, 3.8) is 0 Å². The summed E-state index contributed by atoms with van der Waals surface area (Å²) in [5, 5.41) is 0. The van der Waals surface area contributed by atoms with Crippen LogP contribution in [-0.2, 0) is 9.59 Å². The summed E-state index contributed by atoms with van der Waals surface area (Å²) in [6.07, 6.45) is 3.47. The van der Waals surface area contributed by atoms with E-state index in [1.54, 1.807) is 0 Å². The van der Waals surface area contributed by atoms with Crippen molar-refractivity contribution in [2.45, 2.75) is 26.7 Å². The van der Waals surface area contributed by atoms with Crippen molar-refractivity contribution < 1.29 is 9.59 Å².